The summed E-state index contributed by atoms with van der Waals surface area (Å²) in [5.41, 5.74) is 0.562. The number of aryl methyl sites for hydroxylation is 1. The summed E-state index contributed by atoms with van der Waals surface area (Å²) in [6.45, 7) is 1.99. The lowest BCUT2D eigenvalue weighted by atomic mass is 10.0. The van der Waals surface area contributed by atoms with Crippen molar-refractivity contribution in [2.24, 2.45) is 0 Å². The van der Waals surface area contributed by atoms with Crippen LogP contribution in [-0.4, -0.2) is 26.4 Å². The maximum atomic E-state index is 10.5. The van der Waals surface area contributed by atoms with Gasteiger partial charge in [0.2, 0.25) is 5.75 Å². The zero-order valence-electron chi connectivity index (χ0n) is 12.7. The van der Waals surface area contributed by atoms with Crippen LogP contribution in [0.2, 0.25) is 0 Å². The predicted molar refractivity (Wildman–Crippen MR) is 78.2 cm³/mol. The summed E-state index contributed by atoms with van der Waals surface area (Å²) in [5.74, 6) is 2.71. The minimum absolute atomic E-state index is 0.429. The number of furan rings is 1. The summed E-state index contributed by atoms with van der Waals surface area (Å²) >= 11 is 0. The van der Waals surface area contributed by atoms with Gasteiger partial charge in [-0.15, -0.1) is 0 Å². The second-order valence-electron chi connectivity index (χ2n) is 4.48. The Bertz CT molecular complexity index is 603. The molecule has 114 valence electrons. The van der Waals surface area contributed by atoms with Crippen molar-refractivity contribution < 1.29 is 23.7 Å². The normalized spacial score (nSPS) is 12.0. The van der Waals surface area contributed by atoms with E-state index in [-0.39, 0.29) is 0 Å². The average Bonchev–Trinajstić information content (AvgIpc) is 3.01. The number of aliphatic hydroxyl groups excluding tert-OH is 1. The van der Waals surface area contributed by atoms with Gasteiger partial charge in [0.1, 0.15) is 17.6 Å². The summed E-state index contributed by atoms with van der Waals surface area (Å²) in [4.78, 5) is 0. The zero-order chi connectivity index (χ0) is 15.4. The monoisotopic (exact) mass is 292 g/mol. The van der Waals surface area contributed by atoms with Crippen LogP contribution >= 0.6 is 0 Å². The Morgan fingerprint density at radius 2 is 1.71 bits per heavy atom. The first kappa shape index (κ1) is 15.3. The molecule has 21 heavy (non-hydrogen) atoms. The molecule has 0 radical (unpaired) electrons. The lowest BCUT2D eigenvalue weighted by Gasteiger charge is -2.18. The lowest BCUT2D eigenvalue weighted by Crippen LogP contribution is -2.04. The van der Waals surface area contributed by atoms with Crippen molar-refractivity contribution in [1.29, 1.82) is 0 Å². The van der Waals surface area contributed by atoms with Crippen molar-refractivity contribution in [3.8, 4) is 17.2 Å². The fourth-order valence-corrected chi connectivity index (χ4v) is 2.22. The number of benzene rings is 1. The topological polar surface area (TPSA) is 61.1 Å². The molecule has 0 bridgehead atoms. The Labute approximate surface area is 124 Å². The van der Waals surface area contributed by atoms with E-state index < -0.39 is 6.10 Å². The van der Waals surface area contributed by atoms with E-state index in [0.29, 0.717) is 28.6 Å². The SMILES string of the molecule is CCc1ccc(C(O)c2ccc(OC)c(OC)c2OC)o1. The van der Waals surface area contributed by atoms with Crippen molar-refractivity contribution >= 4 is 0 Å². The highest BCUT2D eigenvalue weighted by atomic mass is 16.5. The number of hydrogen-bond acceptors (Lipinski definition) is 5. The zero-order valence-corrected chi connectivity index (χ0v) is 12.7. The van der Waals surface area contributed by atoms with Crippen LogP contribution in [0.1, 0.15) is 30.1 Å². The molecule has 1 unspecified atom stereocenters. The van der Waals surface area contributed by atoms with E-state index in [2.05, 4.69) is 0 Å². The quantitative estimate of drug-likeness (QED) is 0.887. The van der Waals surface area contributed by atoms with Crippen molar-refractivity contribution in [2.45, 2.75) is 19.4 Å². The molecule has 1 heterocycles. The first-order valence-electron chi connectivity index (χ1n) is 6.71. The van der Waals surface area contributed by atoms with Crippen LogP contribution in [-0.2, 0) is 6.42 Å². The minimum Gasteiger partial charge on any atom is -0.493 e. The first-order valence-corrected chi connectivity index (χ1v) is 6.71. The first-order chi connectivity index (χ1) is 10.2. The van der Waals surface area contributed by atoms with Crippen molar-refractivity contribution in [3.63, 3.8) is 0 Å². The molecule has 5 nitrogen and oxygen atoms in total. The van der Waals surface area contributed by atoms with E-state index in [0.717, 1.165) is 12.2 Å². The Morgan fingerprint density at radius 1 is 1.00 bits per heavy atom. The van der Waals surface area contributed by atoms with E-state index >= 15 is 0 Å². The van der Waals surface area contributed by atoms with Gasteiger partial charge in [0.05, 0.1) is 21.3 Å². The van der Waals surface area contributed by atoms with Gasteiger partial charge in [-0.1, -0.05) is 6.92 Å². The molecule has 2 rings (SSSR count). The molecule has 0 aliphatic heterocycles. The van der Waals surface area contributed by atoms with Gasteiger partial charge in [-0.2, -0.15) is 0 Å². The molecular formula is C16H20O5. The fourth-order valence-electron chi connectivity index (χ4n) is 2.22. The molecule has 0 saturated carbocycles. The van der Waals surface area contributed by atoms with Gasteiger partial charge in [0.15, 0.2) is 11.5 Å². The highest BCUT2D eigenvalue weighted by Gasteiger charge is 2.24. The predicted octanol–water partition coefficient (Wildman–Crippen LogP) is 2.95. The molecule has 5 heteroatoms. The maximum Gasteiger partial charge on any atom is 0.203 e. The van der Waals surface area contributed by atoms with Crippen molar-refractivity contribution in [3.05, 3.63) is 41.3 Å². The molecular weight excluding hydrogens is 272 g/mol. The fraction of sp³-hybridized carbons (Fsp3) is 0.375. The Morgan fingerprint density at radius 3 is 2.24 bits per heavy atom. The van der Waals surface area contributed by atoms with E-state index in [1.165, 1.54) is 14.2 Å². The van der Waals surface area contributed by atoms with Gasteiger partial charge in [-0.25, -0.2) is 0 Å². The second-order valence-corrected chi connectivity index (χ2v) is 4.48. The van der Waals surface area contributed by atoms with Crippen LogP contribution in [0.25, 0.3) is 0 Å². The van der Waals surface area contributed by atoms with E-state index in [1.807, 2.05) is 13.0 Å². The third-order valence-corrected chi connectivity index (χ3v) is 3.33. The summed E-state index contributed by atoms with van der Waals surface area (Å²) in [6.07, 6.45) is -0.157. The smallest absolute Gasteiger partial charge is 0.203 e. The average molecular weight is 292 g/mol. The molecule has 0 saturated heterocycles. The van der Waals surface area contributed by atoms with Crippen molar-refractivity contribution in [1.82, 2.24) is 0 Å². The molecule has 0 aliphatic rings. The van der Waals surface area contributed by atoms with Gasteiger partial charge >= 0.3 is 0 Å². The molecule has 1 N–H and O–H groups in total. The van der Waals surface area contributed by atoms with Crippen LogP contribution in [0.15, 0.2) is 28.7 Å². The third-order valence-electron chi connectivity index (χ3n) is 3.33. The van der Waals surface area contributed by atoms with Gasteiger partial charge in [-0.3, -0.25) is 0 Å². The summed E-state index contributed by atoms with van der Waals surface area (Å²) < 4.78 is 21.5. The number of aliphatic hydroxyl groups is 1. The van der Waals surface area contributed by atoms with Crippen LogP contribution < -0.4 is 14.2 Å². The Balaban J connectivity index is 2.47. The van der Waals surface area contributed by atoms with Gasteiger partial charge in [0.25, 0.3) is 0 Å². The molecule has 0 fully saturated rings. The molecule has 1 atom stereocenters. The summed E-state index contributed by atoms with van der Waals surface area (Å²) in [5, 5.41) is 10.5. The number of hydrogen-bond donors (Lipinski definition) is 1. The van der Waals surface area contributed by atoms with E-state index in [4.69, 9.17) is 18.6 Å². The van der Waals surface area contributed by atoms with Crippen molar-refractivity contribution in [2.75, 3.05) is 21.3 Å². The molecule has 0 spiro atoms. The van der Waals surface area contributed by atoms with Crippen LogP contribution in [0.4, 0.5) is 0 Å². The Hall–Kier alpha value is -2.14. The summed E-state index contributed by atoms with van der Waals surface area (Å²) in [7, 11) is 4.60. The van der Waals surface area contributed by atoms with Crippen LogP contribution in [0.3, 0.4) is 0 Å². The minimum atomic E-state index is -0.931. The Kier molecular flexibility index (Phi) is 4.75. The highest BCUT2D eigenvalue weighted by Crippen LogP contribution is 2.43. The van der Waals surface area contributed by atoms with Gasteiger partial charge < -0.3 is 23.7 Å². The van der Waals surface area contributed by atoms with E-state index in [1.54, 1.807) is 25.3 Å². The molecule has 2 aromatic rings. The maximum absolute atomic E-state index is 10.5. The molecule has 1 aromatic carbocycles. The number of ether oxygens (including phenoxy) is 3. The van der Waals surface area contributed by atoms with Crippen LogP contribution in [0, 0.1) is 0 Å². The molecule has 1 aromatic heterocycles. The highest BCUT2D eigenvalue weighted by molar-refractivity contribution is 5.57. The number of rotatable bonds is 6. The molecule has 0 aliphatic carbocycles. The largest absolute Gasteiger partial charge is 0.493 e. The second kappa shape index (κ2) is 6.54. The van der Waals surface area contributed by atoms with E-state index in [9.17, 15) is 5.11 Å². The van der Waals surface area contributed by atoms with Gasteiger partial charge in [-0.05, 0) is 24.3 Å². The third kappa shape index (κ3) is 2.83. The standard InChI is InChI=1S/C16H20O5/c1-5-10-6-8-12(21-10)14(17)11-7-9-13(18-2)16(20-4)15(11)19-3/h6-9,14,17H,5H2,1-4H3. The van der Waals surface area contributed by atoms with Crippen LogP contribution in [0.5, 0.6) is 17.2 Å². The number of methoxy groups -OCH3 is 3. The summed E-state index contributed by atoms with van der Waals surface area (Å²) in [6, 6.07) is 7.08. The molecule has 0 amide bonds. The lowest BCUT2D eigenvalue weighted by molar-refractivity contribution is 0.181. The van der Waals surface area contributed by atoms with Gasteiger partial charge in [0, 0.05) is 12.0 Å².